The molecule has 1 atom stereocenters. The zero-order chi connectivity index (χ0) is 10.4. The van der Waals surface area contributed by atoms with Gasteiger partial charge in [0.1, 0.15) is 0 Å². The van der Waals surface area contributed by atoms with Gasteiger partial charge in [0.2, 0.25) is 0 Å². The van der Waals surface area contributed by atoms with E-state index in [4.69, 9.17) is 5.73 Å². The van der Waals surface area contributed by atoms with Gasteiger partial charge in [-0.2, -0.15) is 0 Å². The first-order valence-corrected chi connectivity index (χ1v) is 4.76. The Hall–Kier alpha value is -2.04. The molecule has 2 amide bonds. The summed E-state index contributed by atoms with van der Waals surface area (Å²) in [6.45, 7) is 0. The van der Waals surface area contributed by atoms with Crippen LogP contribution in [0.2, 0.25) is 0 Å². The average Bonchev–Trinajstić information content (AvgIpc) is 2.92. The first-order chi connectivity index (χ1) is 7.25. The van der Waals surface area contributed by atoms with Gasteiger partial charge < -0.3 is 11.1 Å². The van der Waals surface area contributed by atoms with Gasteiger partial charge in [0.05, 0.1) is 11.7 Å². The van der Waals surface area contributed by atoms with E-state index in [9.17, 15) is 4.79 Å². The molecule has 3 N–H and O–H groups in total. The Morgan fingerprint density at radius 1 is 1.67 bits per heavy atom. The predicted octanol–water partition coefficient (Wildman–Crippen LogP) is 1.05. The fraction of sp³-hybridized carbons (Fsp3) is 0.200. The highest BCUT2D eigenvalue weighted by Gasteiger charge is 2.35. The third-order valence-electron chi connectivity index (χ3n) is 2.60. The maximum atomic E-state index is 11.3. The van der Waals surface area contributed by atoms with Gasteiger partial charge in [-0.1, -0.05) is 0 Å². The molecule has 1 aliphatic heterocycles. The quantitative estimate of drug-likeness (QED) is 0.660. The molecule has 2 heterocycles. The summed E-state index contributed by atoms with van der Waals surface area (Å²) in [5.41, 5.74) is 7.35. The van der Waals surface area contributed by atoms with E-state index in [0.717, 1.165) is 12.1 Å². The van der Waals surface area contributed by atoms with Crippen molar-refractivity contribution < 1.29 is 4.79 Å². The lowest BCUT2D eigenvalue weighted by atomic mass is 10.3. The van der Waals surface area contributed by atoms with Crippen LogP contribution in [0, 0.1) is 0 Å². The second kappa shape index (κ2) is 2.73. The van der Waals surface area contributed by atoms with E-state index in [1.807, 2.05) is 12.1 Å². The first kappa shape index (κ1) is 8.28. The van der Waals surface area contributed by atoms with Crippen molar-refractivity contribution in [3.8, 4) is 0 Å². The highest BCUT2D eigenvalue weighted by molar-refractivity contribution is 5.96. The molecule has 0 saturated heterocycles. The molecule has 1 unspecified atom stereocenters. The lowest BCUT2D eigenvalue weighted by Crippen LogP contribution is -2.31. The third kappa shape index (κ3) is 1.24. The van der Waals surface area contributed by atoms with Gasteiger partial charge in [-0.05, 0) is 24.1 Å². The summed E-state index contributed by atoms with van der Waals surface area (Å²) in [5, 5.41) is 3.30. The van der Waals surface area contributed by atoms with Crippen LogP contribution in [0.1, 0.15) is 6.42 Å². The second-order valence-electron chi connectivity index (χ2n) is 3.69. The number of rotatable bonds is 0. The van der Waals surface area contributed by atoms with Crippen molar-refractivity contribution in [1.29, 1.82) is 0 Å². The van der Waals surface area contributed by atoms with Crippen molar-refractivity contribution in [1.82, 2.24) is 4.98 Å². The summed E-state index contributed by atoms with van der Waals surface area (Å²) in [4.78, 5) is 16.8. The molecule has 1 aromatic heterocycles. The Kier molecular flexibility index (Phi) is 1.50. The fourth-order valence-electron chi connectivity index (χ4n) is 1.75. The van der Waals surface area contributed by atoms with Crippen molar-refractivity contribution in [3.05, 3.63) is 30.1 Å². The molecular weight excluding hydrogens is 192 g/mol. The van der Waals surface area contributed by atoms with Gasteiger partial charge in [-0.3, -0.25) is 4.90 Å². The van der Waals surface area contributed by atoms with E-state index >= 15 is 0 Å². The Morgan fingerprint density at radius 2 is 2.53 bits per heavy atom. The number of nitrogens with one attached hydrogen (secondary N) is 1. The Morgan fingerprint density at radius 3 is 3.33 bits per heavy atom. The SMILES string of the molecule is NC(=O)N1C=C2CC2Nc2cccnc21. The van der Waals surface area contributed by atoms with Crippen molar-refractivity contribution in [2.75, 3.05) is 10.2 Å². The van der Waals surface area contributed by atoms with Crippen LogP contribution >= 0.6 is 0 Å². The molecule has 1 aromatic rings. The normalized spacial score (nSPS) is 21.7. The van der Waals surface area contributed by atoms with Crippen molar-refractivity contribution in [3.63, 3.8) is 0 Å². The van der Waals surface area contributed by atoms with Crippen molar-refractivity contribution in [2.24, 2.45) is 5.73 Å². The lowest BCUT2D eigenvalue weighted by molar-refractivity contribution is 0.255. The molecule has 0 spiro atoms. The number of carbonyl (C=O) groups is 1. The number of urea groups is 1. The minimum atomic E-state index is -0.503. The third-order valence-corrected chi connectivity index (χ3v) is 2.60. The summed E-state index contributed by atoms with van der Waals surface area (Å²) in [6, 6.07) is 3.57. The molecule has 0 bridgehead atoms. The molecule has 15 heavy (non-hydrogen) atoms. The van der Waals surface area contributed by atoms with Crippen LogP contribution in [0.3, 0.4) is 0 Å². The van der Waals surface area contributed by atoms with Crippen LogP contribution < -0.4 is 16.0 Å². The lowest BCUT2D eigenvalue weighted by Gasteiger charge is -2.16. The summed E-state index contributed by atoms with van der Waals surface area (Å²) >= 11 is 0. The summed E-state index contributed by atoms with van der Waals surface area (Å²) in [6.07, 6.45) is 4.39. The topological polar surface area (TPSA) is 71.2 Å². The van der Waals surface area contributed by atoms with Gasteiger partial charge >= 0.3 is 6.03 Å². The number of hydrogen-bond donors (Lipinski definition) is 2. The van der Waals surface area contributed by atoms with Gasteiger partial charge in [-0.25, -0.2) is 9.78 Å². The Balaban J connectivity index is 2.13. The summed E-state index contributed by atoms with van der Waals surface area (Å²) in [5.74, 6) is 0.574. The van der Waals surface area contributed by atoms with E-state index in [1.54, 1.807) is 12.4 Å². The molecule has 2 aliphatic rings. The highest BCUT2D eigenvalue weighted by atomic mass is 16.2. The number of nitrogens with zero attached hydrogens (tertiary/aromatic N) is 2. The Labute approximate surface area is 86.6 Å². The molecule has 1 fully saturated rings. The van der Waals surface area contributed by atoms with Gasteiger partial charge in [0.25, 0.3) is 0 Å². The number of pyridine rings is 1. The van der Waals surface area contributed by atoms with Gasteiger partial charge in [0, 0.05) is 12.4 Å². The van der Waals surface area contributed by atoms with Crippen LogP contribution in [0.25, 0.3) is 0 Å². The number of nitrogens with two attached hydrogens (primary N) is 1. The number of aromatic nitrogens is 1. The first-order valence-electron chi connectivity index (χ1n) is 4.76. The van der Waals surface area contributed by atoms with Crippen LogP contribution in [0.5, 0.6) is 0 Å². The van der Waals surface area contributed by atoms with Crippen LogP contribution in [-0.2, 0) is 0 Å². The molecule has 1 aliphatic carbocycles. The number of primary amides is 1. The summed E-state index contributed by atoms with van der Waals surface area (Å²) in [7, 11) is 0. The number of carbonyl (C=O) groups excluding carboxylic acids is 1. The maximum absolute atomic E-state index is 11.3. The maximum Gasteiger partial charge on any atom is 0.324 e. The fourth-order valence-corrected chi connectivity index (χ4v) is 1.75. The van der Waals surface area contributed by atoms with E-state index in [-0.39, 0.29) is 0 Å². The van der Waals surface area contributed by atoms with Gasteiger partial charge in [-0.15, -0.1) is 0 Å². The number of hydrogen-bond acceptors (Lipinski definition) is 3. The molecule has 76 valence electrons. The number of amides is 2. The predicted molar refractivity (Wildman–Crippen MR) is 56.4 cm³/mol. The standard InChI is InChI=1S/C10H10N4O/c11-10(15)14-5-6-4-8(6)13-7-2-1-3-12-9(7)14/h1-3,5,8,13H,4H2,(H2,11,15). The van der Waals surface area contributed by atoms with E-state index in [2.05, 4.69) is 10.3 Å². The second-order valence-corrected chi connectivity index (χ2v) is 3.69. The van der Waals surface area contributed by atoms with E-state index < -0.39 is 6.03 Å². The van der Waals surface area contributed by atoms with Gasteiger partial charge in [0.15, 0.2) is 5.82 Å². The van der Waals surface area contributed by atoms with E-state index in [0.29, 0.717) is 11.9 Å². The molecule has 5 nitrogen and oxygen atoms in total. The Bertz CT molecular complexity index is 468. The van der Waals surface area contributed by atoms with Crippen LogP contribution in [-0.4, -0.2) is 17.1 Å². The monoisotopic (exact) mass is 202 g/mol. The zero-order valence-corrected chi connectivity index (χ0v) is 7.97. The minimum Gasteiger partial charge on any atom is -0.375 e. The smallest absolute Gasteiger partial charge is 0.324 e. The largest absolute Gasteiger partial charge is 0.375 e. The summed E-state index contributed by atoms with van der Waals surface area (Å²) < 4.78 is 0. The average molecular weight is 202 g/mol. The van der Waals surface area contributed by atoms with Crippen LogP contribution in [0.15, 0.2) is 30.1 Å². The zero-order valence-electron chi connectivity index (χ0n) is 7.97. The van der Waals surface area contributed by atoms with Crippen molar-refractivity contribution >= 4 is 17.5 Å². The molecule has 3 rings (SSSR count). The molecule has 0 aromatic carbocycles. The van der Waals surface area contributed by atoms with E-state index in [1.165, 1.54) is 10.5 Å². The minimum absolute atomic E-state index is 0.345. The molecule has 5 heteroatoms. The molecule has 1 saturated carbocycles. The number of fused-ring (bicyclic) bond motifs is 2. The highest BCUT2D eigenvalue weighted by Crippen LogP contribution is 2.39. The van der Waals surface area contributed by atoms with Crippen LogP contribution in [0.4, 0.5) is 16.3 Å². The molecular formula is C10H10N4O. The number of anilines is 2. The molecule has 0 radical (unpaired) electrons. The van der Waals surface area contributed by atoms with Crippen molar-refractivity contribution in [2.45, 2.75) is 12.5 Å².